The number of hydrogen-bond donors (Lipinski definition) is 0. The maximum atomic E-state index is 2.41. The first-order valence-electron chi connectivity index (χ1n) is 15.1. The minimum atomic E-state index is 0.0905. The maximum Gasteiger partial charge on any atom is 0.0541 e. The lowest BCUT2D eigenvalue weighted by atomic mass is 9.87. The number of fused-ring (bicyclic) bond motifs is 6. The summed E-state index contributed by atoms with van der Waals surface area (Å²) in [5.41, 5.74) is 10.1. The molecule has 0 aliphatic heterocycles. The Bertz CT molecular complexity index is 2310. The highest BCUT2D eigenvalue weighted by Gasteiger charge is 2.17. The van der Waals surface area contributed by atoms with Crippen LogP contribution in [0.5, 0.6) is 0 Å². The third kappa shape index (κ3) is 4.23. The normalized spacial score (nSPS) is 12.1. The molecule has 0 fully saturated rings. The number of aromatic nitrogens is 1. The van der Waals surface area contributed by atoms with Crippen LogP contribution in [0.25, 0.3) is 71.3 Å². The Morgan fingerprint density at radius 2 is 1.05 bits per heavy atom. The molecule has 0 saturated carbocycles. The third-order valence-electron chi connectivity index (χ3n) is 8.94. The van der Waals surface area contributed by atoms with E-state index in [4.69, 9.17) is 0 Å². The molecule has 43 heavy (non-hydrogen) atoms. The molecule has 0 N–H and O–H groups in total. The summed E-state index contributed by atoms with van der Waals surface area (Å²) in [5.74, 6) is 0. The Morgan fingerprint density at radius 3 is 1.84 bits per heavy atom. The first-order chi connectivity index (χ1) is 21.0. The van der Waals surface area contributed by atoms with Crippen molar-refractivity contribution in [3.05, 3.63) is 151 Å². The van der Waals surface area contributed by atoms with Gasteiger partial charge in [0.25, 0.3) is 0 Å². The van der Waals surface area contributed by atoms with Gasteiger partial charge in [0.15, 0.2) is 0 Å². The average Bonchev–Trinajstić information content (AvgIpc) is 3.38. The second-order valence-corrected chi connectivity index (χ2v) is 12.7. The Balaban J connectivity index is 1.24. The standard InChI is InChI=1S/C42H33N/c1-42(2,3)32-12-10-13-33(27-32)43-40-18-9-8-17-37(40)39-25-30(23-24-41(39)43)28-19-21-29(22-20-28)38-26-31-11-4-5-14-34(31)35-15-6-7-16-36(35)38/h4-27H,1-3H3. The highest BCUT2D eigenvalue weighted by atomic mass is 15.0. The number of rotatable bonds is 3. The van der Waals surface area contributed by atoms with Crippen LogP contribution in [0.2, 0.25) is 0 Å². The zero-order valence-corrected chi connectivity index (χ0v) is 24.8. The Hall–Kier alpha value is -5.14. The molecule has 0 atom stereocenters. The lowest BCUT2D eigenvalue weighted by Crippen LogP contribution is -2.11. The average molecular weight is 552 g/mol. The fourth-order valence-corrected chi connectivity index (χ4v) is 6.68. The Kier molecular flexibility index (Phi) is 5.77. The van der Waals surface area contributed by atoms with Crippen LogP contribution in [0.1, 0.15) is 26.3 Å². The van der Waals surface area contributed by atoms with Crippen molar-refractivity contribution >= 4 is 43.4 Å². The van der Waals surface area contributed by atoms with Gasteiger partial charge in [-0.05, 0) is 91.2 Å². The van der Waals surface area contributed by atoms with E-state index in [0.29, 0.717) is 0 Å². The first kappa shape index (κ1) is 25.6. The minimum Gasteiger partial charge on any atom is -0.309 e. The first-order valence-corrected chi connectivity index (χ1v) is 15.1. The van der Waals surface area contributed by atoms with Crippen molar-refractivity contribution in [2.45, 2.75) is 26.2 Å². The van der Waals surface area contributed by atoms with Crippen molar-refractivity contribution in [1.29, 1.82) is 0 Å². The van der Waals surface area contributed by atoms with Crippen molar-refractivity contribution < 1.29 is 0 Å². The maximum absolute atomic E-state index is 2.41. The molecule has 0 unspecified atom stereocenters. The zero-order valence-electron chi connectivity index (χ0n) is 24.8. The molecule has 7 aromatic carbocycles. The topological polar surface area (TPSA) is 4.93 Å². The van der Waals surface area contributed by atoms with Crippen molar-refractivity contribution in [2.24, 2.45) is 0 Å². The van der Waals surface area contributed by atoms with Crippen LogP contribution in [0.3, 0.4) is 0 Å². The minimum absolute atomic E-state index is 0.0905. The fourth-order valence-electron chi connectivity index (χ4n) is 6.68. The van der Waals surface area contributed by atoms with Gasteiger partial charge in [0, 0.05) is 16.5 Å². The molecule has 206 valence electrons. The smallest absolute Gasteiger partial charge is 0.0541 e. The number of para-hydroxylation sites is 1. The summed E-state index contributed by atoms with van der Waals surface area (Å²) in [6.07, 6.45) is 0. The van der Waals surface area contributed by atoms with Gasteiger partial charge in [0.1, 0.15) is 0 Å². The molecule has 0 bridgehead atoms. The second kappa shape index (κ2) is 9.71. The van der Waals surface area contributed by atoms with Crippen molar-refractivity contribution in [1.82, 2.24) is 4.57 Å². The highest BCUT2D eigenvalue weighted by Crippen LogP contribution is 2.38. The largest absolute Gasteiger partial charge is 0.309 e. The van der Waals surface area contributed by atoms with Gasteiger partial charge in [0.05, 0.1) is 11.0 Å². The van der Waals surface area contributed by atoms with Gasteiger partial charge in [-0.1, -0.05) is 130 Å². The van der Waals surface area contributed by atoms with E-state index < -0.39 is 0 Å². The molecule has 0 spiro atoms. The van der Waals surface area contributed by atoms with E-state index in [1.165, 1.54) is 76.9 Å². The summed E-state index contributed by atoms with van der Waals surface area (Å²) in [6, 6.07) is 53.5. The van der Waals surface area contributed by atoms with Gasteiger partial charge in [-0.15, -0.1) is 0 Å². The molecule has 0 aliphatic rings. The molecule has 1 heterocycles. The van der Waals surface area contributed by atoms with Gasteiger partial charge in [-0.25, -0.2) is 0 Å². The molecule has 1 nitrogen and oxygen atoms in total. The summed E-state index contributed by atoms with van der Waals surface area (Å²) in [5, 5.41) is 7.72. The van der Waals surface area contributed by atoms with Crippen LogP contribution in [-0.2, 0) is 5.41 Å². The lowest BCUT2D eigenvalue weighted by Gasteiger charge is -2.20. The van der Waals surface area contributed by atoms with Crippen LogP contribution in [0.4, 0.5) is 0 Å². The predicted molar refractivity (Wildman–Crippen MR) is 185 cm³/mol. The number of hydrogen-bond acceptors (Lipinski definition) is 0. The summed E-state index contributed by atoms with van der Waals surface area (Å²) < 4.78 is 2.41. The predicted octanol–water partition coefficient (Wildman–Crippen LogP) is 11.7. The van der Waals surface area contributed by atoms with E-state index in [1.807, 2.05) is 0 Å². The molecule has 0 radical (unpaired) electrons. The summed E-state index contributed by atoms with van der Waals surface area (Å²) in [7, 11) is 0. The van der Waals surface area contributed by atoms with Gasteiger partial charge >= 0.3 is 0 Å². The molecule has 1 aromatic heterocycles. The Labute approximate surface area is 252 Å². The molecular weight excluding hydrogens is 518 g/mol. The fraction of sp³-hybridized carbons (Fsp3) is 0.0952. The summed E-state index contributed by atoms with van der Waals surface area (Å²) in [4.78, 5) is 0. The highest BCUT2D eigenvalue weighted by molar-refractivity contribution is 6.14. The van der Waals surface area contributed by atoms with Crippen molar-refractivity contribution in [3.63, 3.8) is 0 Å². The lowest BCUT2D eigenvalue weighted by molar-refractivity contribution is 0.590. The van der Waals surface area contributed by atoms with E-state index >= 15 is 0 Å². The van der Waals surface area contributed by atoms with Crippen molar-refractivity contribution in [3.8, 4) is 27.9 Å². The molecule has 8 aromatic rings. The molecular formula is C42H33N. The molecule has 0 saturated heterocycles. The Morgan fingerprint density at radius 1 is 0.419 bits per heavy atom. The summed E-state index contributed by atoms with van der Waals surface area (Å²) >= 11 is 0. The molecule has 0 aliphatic carbocycles. The van der Waals surface area contributed by atoms with Gasteiger partial charge in [0.2, 0.25) is 0 Å². The molecule has 8 rings (SSSR count). The van der Waals surface area contributed by atoms with E-state index in [1.54, 1.807) is 0 Å². The second-order valence-electron chi connectivity index (χ2n) is 12.7. The summed E-state index contributed by atoms with van der Waals surface area (Å²) in [6.45, 7) is 6.83. The van der Waals surface area contributed by atoms with Crippen molar-refractivity contribution in [2.75, 3.05) is 0 Å². The van der Waals surface area contributed by atoms with E-state index in [2.05, 4.69) is 171 Å². The van der Waals surface area contributed by atoms with Gasteiger partial charge in [-0.2, -0.15) is 0 Å². The van der Waals surface area contributed by atoms with Crippen LogP contribution < -0.4 is 0 Å². The number of benzene rings is 7. The van der Waals surface area contributed by atoms with Crippen LogP contribution in [0.15, 0.2) is 146 Å². The molecule has 1 heteroatoms. The van der Waals surface area contributed by atoms with Gasteiger partial charge < -0.3 is 4.57 Å². The third-order valence-corrected chi connectivity index (χ3v) is 8.94. The SMILES string of the molecule is CC(C)(C)c1cccc(-n2c3ccccc3c3cc(-c4ccc(-c5cc6ccccc6c6ccccc56)cc4)ccc32)c1. The monoisotopic (exact) mass is 551 g/mol. The molecule has 0 amide bonds. The van der Waals surface area contributed by atoms with E-state index in [9.17, 15) is 0 Å². The van der Waals surface area contributed by atoms with Crippen LogP contribution in [0, 0.1) is 0 Å². The van der Waals surface area contributed by atoms with Crippen LogP contribution in [-0.4, -0.2) is 4.57 Å². The van der Waals surface area contributed by atoms with Crippen LogP contribution >= 0.6 is 0 Å². The quantitative estimate of drug-likeness (QED) is 0.192. The van der Waals surface area contributed by atoms with E-state index in [-0.39, 0.29) is 5.41 Å². The zero-order chi connectivity index (χ0) is 29.1. The van der Waals surface area contributed by atoms with Gasteiger partial charge in [-0.3, -0.25) is 0 Å². The number of nitrogens with zero attached hydrogens (tertiary/aromatic N) is 1. The van der Waals surface area contributed by atoms with E-state index in [0.717, 1.165) is 0 Å².